The lowest BCUT2D eigenvalue weighted by Gasteiger charge is -2.38. The SMILES string of the molecule is NC1CN(c2ccc(C(F)(F)F)c(-c3n[nH]c4ncccc34)n2)C1. The van der Waals surface area contributed by atoms with E-state index in [2.05, 4.69) is 20.2 Å². The normalized spacial score (nSPS) is 15.8. The molecule has 3 aromatic rings. The zero-order chi connectivity index (χ0) is 16.9. The van der Waals surface area contributed by atoms with E-state index in [-0.39, 0.29) is 17.4 Å². The third-order valence-corrected chi connectivity index (χ3v) is 3.98. The molecule has 1 aliphatic rings. The maximum Gasteiger partial charge on any atom is 0.418 e. The predicted octanol–water partition coefficient (Wildman–Crippen LogP) is 2.19. The average molecular weight is 334 g/mol. The van der Waals surface area contributed by atoms with E-state index in [0.29, 0.717) is 29.9 Å². The molecule has 0 bridgehead atoms. The second-order valence-corrected chi connectivity index (χ2v) is 5.70. The van der Waals surface area contributed by atoms with Gasteiger partial charge in [-0.05, 0) is 24.3 Å². The Bertz CT molecular complexity index is 898. The highest BCUT2D eigenvalue weighted by molar-refractivity contribution is 5.90. The fourth-order valence-electron chi connectivity index (χ4n) is 2.77. The van der Waals surface area contributed by atoms with Gasteiger partial charge in [0.15, 0.2) is 5.65 Å². The maximum absolute atomic E-state index is 13.4. The van der Waals surface area contributed by atoms with E-state index in [4.69, 9.17) is 5.73 Å². The van der Waals surface area contributed by atoms with Crippen LogP contribution in [0.15, 0.2) is 30.5 Å². The van der Waals surface area contributed by atoms with Crippen LogP contribution in [0.4, 0.5) is 19.0 Å². The second-order valence-electron chi connectivity index (χ2n) is 5.70. The van der Waals surface area contributed by atoms with Crippen LogP contribution in [0.2, 0.25) is 0 Å². The molecular weight excluding hydrogens is 321 g/mol. The minimum atomic E-state index is -4.53. The van der Waals surface area contributed by atoms with Crippen molar-refractivity contribution in [1.29, 1.82) is 0 Å². The Balaban J connectivity index is 1.89. The molecule has 3 aromatic heterocycles. The number of nitrogens with one attached hydrogen (secondary N) is 1. The highest BCUT2D eigenvalue weighted by atomic mass is 19.4. The molecule has 3 N–H and O–H groups in total. The van der Waals surface area contributed by atoms with Gasteiger partial charge in [0, 0.05) is 30.7 Å². The van der Waals surface area contributed by atoms with Crippen LogP contribution >= 0.6 is 0 Å². The van der Waals surface area contributed by atoms with Gasteiger partial charge in [-0.3, -0.25) is 5.10 Å². The van der Waals surface area contributed by atoms with Crippen LogP contribution in [0.3, 0.4) is 0 Å². The number of aromatic nitrogens is 4. The number of nitrogens with two attached hydrogens (primary N) is 1. The van der Waals surface area contributed by atoms with Crippen LogP contribution in [0.1, 0.15) is 5.56 Å². The summed E-state index contributed by atoms with van der Waals surface area (Å²) in [6.07, 6.45) is -2.99. The summed E-state index contributed by atoms with van der Waals surface area (Å²) in [6.45, 7) is 1.14. The lowest BCUT2D eigenvalue weighted by Crippen LogP contribution is -2.56. The van der Waals surface area contributed by atoms with Crippen molar-refractivity contribution in [2.45, 2.75) is 12.2 Å². The summed E-state index contributed by atoms with van der Waals surface area (Å²) in [6, 6.07) is 5.74. The lowest BCUT2D eigenvalue weighted by atomic mass is 10.1. The number of halogens is 3. The predicted molar refractivity (Wildman–Crippen MR) is 82.3 cm³/mol. The number of H-pyrrole nitrogens is 1. The van der Waals surface area contributed by atoms with Crippen molar-refractivity contribution in [1.82, 2.24) is 20.2 Å². The fourth-order valence-corrected chi connectivity index (χ4v) is 2.77. The topological polar surface area (TPSA) is 83.7 Å². The smallest absolute Gasteiger partial charge is 0.353 e. The highest BCUT2D eigenvalue weighted by Gasteiger charge is 2.36. The number of nitrogens with zero attached hydrogens (tertiary/aromatic N) is 4. The van der Waals surface area contributed by atoms with E-state index in [9.17, 15) is 13.2 Å². The molecule has 24 heavy (non-hydrogen) atoms. The van der Waals surface area contributed by atoms with Gasteiger partial charge < -0.3 is 10.6 Å². The number of anilines is 1. The van der Waals surface area contributed by atoms with E-state index in [1.54, 1.807) is 18.3 Å². The van der Waals surface area contributed by atoms with Gasteiger partial charge in [0.2, 0.25) is 0 Å². The van der Waals surface area contributed by atoms with E-state index < -0.39 is 11.7 Å². The number of fused-ring (bicyclic) bond motifs is 1. The van der Waals surface area contributed by atoms with Crippen molar-refractivity contribution in [3.8, 4) is 11.4 Å². The number of hydrogen-bond acceptors (Lipinski definition) is 5. The summed E-state index contributed by atoms with van der Waals surface area (Å²) < 4.78 is 40.2. The van der Waals surface area contributed by atoms with Gasteiger partial charge in [-0.25, -0.2) is 9.97 Å². The standard InChI is InChI=1S/C15H13F3N6/c16-15(17,18)10-3-4-11(24-6-8(19)7-24)21-13(10)12-9-2-1-5-20-14(9)23-22-12/h1-5,8H,6-7,19H2,(H,20,22,23). The molecule has 1 saturated heterocycles. The minimum absolute atomic E-state index is 0.0213. The van der Waals surface area contributed by atoms with Crippen molar-refractivity contribution >= 4 is 16.9 Å². The van der Waals surface area contributed by atoms with Crippen LogP contribution in [0, 0.1) is 0 Å². The maximum atomic E-state index is 13.4. The van der Waals surface area contributed by atoms with Gasteiger partial charge in [-0.15, -0.1) is 0 Å². The van der Waals surface area contributed by atoms with Gasteiger partial charge in [0.05, 0.1) is 5.56 Å². The number of alkyl halides is 3. The van der Waals surface area contributed by atoms with Crippen molar-refractivity contribution in [2.24, 2.45) is 5.73 Å². The molecule has 6 nitrogen and oxygen atoms in total. The first-order valence-corrected chi connectivity index (χ1v) is 7.32. The van der Waals surface area contributed by atoms with Crippen molar-refractivity contribution < 1.29 is 13.2 Å². The average Bonchev–Trinajstić information content (AvgIpc) is 2.94. The third-order valence-electron chi connectivity index (χ3n) is 3.98. The van der Waals surface area contributed by atoms with Crippen LogP contribution in [-0.2, 0) is 6.18 Å². The Hall–Kier alpha value is -2.68. The molecule has 0 unspecified atom stereocenters. The van der Waals surface area contributed by atoms with Gasteiger partial charge in [-0.1, -0.05) is 0 Å². The van der Waals surface area contributed by atoms with E-state index in [1.807, 2.05) is 4.90 Å². The molecule has 1 fully saturated rings. The van der Waals surface area contributed by atoms with E-state index in [0.717, 1.165) is 6.07 Å². The molecule has 0 aliphatic carbocycles. The van der Waals surface area contributed by atoms with E-state index >= 15 is 0 Å². The fraction of sp³-hybridized carbons (Fsp3) is 0.267. The lowest BCUT2D eigenvalue weighted by molar-refractivity contribution is -0.137. The molecule has 0 radical (unpaired) electrons. The van der Waals surface area contributed by atoms with Crippen LogP contribution in [0.5, 0.6) is 0 Å². The molecule has 9 heteroatoms. The summed E-state index contributed by atoms with van der Waals surface area (Å²) in [5.74, 6) is 0.458. The third kappa shape index (κ3) is 2.37. The number of rotatable bonds is 2. The summed E-state index contributed by atoms with van der Waals surface area (Å²) in [5.41, 5.74) is 5.25. The molecular formula is C15H13F3N6. The quantitative estimate of drug-likeness (QED) is 0.750. The number of aromatic amines is 1. The van der Waals surface area contributed by atoms with Crippen LogP contribution in [0.25, 0.3) is 22.4 Å². The molecule has 4 rings (SSSR count). The number of pyridine rings is 2. The summed E-state index contributed by atoms with van der Waals surface area (Å²) in [7, 11) is 0. The molecule has 0 saturated carbocycles. The molecule has 0 atom stereocenters. The highest BCUT2D eigenvalue weighted by Crippen LogP contribution is 2.38. The first-order valence-electron chi connectivity index (χ1n) is 7.32. The van der Waals surface area contributed by atoms with Gasteiger partial charge >= 0.3 is 6.18 Å². The Morgan fingerprint density at radius 2 is 1.96 bits per heavy atom. The molecule has 0 amide bonds. The van der Waals surface area contributed by atoms with Crippen molar-refractivity contribution in [3.63, 3.8) is 0 Å². The first-order chi connectivity index (χ1) is 11.4. The first kappa shape index (κ1) is 14.9. The Kier molecular flexibility index (Phi) is 3.20. The largest absolute Gasteiger partial charge is 0.418 e. The molecule has 0 spiro atoms. The molecule has 0 aromatic carbocycles. The molecule has 4 heterocycles. The summed E-state index contributed by atoms with van der Waals surface area (Å²) in [5, 5.41) is 7.15. The number of hydrogen-bond donors (Lipinski definition) is 2. The van der Waals surface area contributed by atoms with Crippen LogP contribution < -0.4 is 10.6 Å². The van der Waals surface area contributed by atoms with Crippen molar-refractivity contribution in [3.05, 3.63) is 36.0 Å². The second kappa shape index (κ2) is 5.17. The Labute approximate surface area is 134 Å². The van der Waals surface area contributed by atoms with Crippen LogP contribution in [-0.4, -0.2) is 39.3 Å². The van der Waals surface area contributed by atoms with Gasteiger partial charge in [0.1, 0.15) is 17.2 Å². The van der Waals surface area contributed by atoms with Gasteiger partial charge in [-0.2, -0.15) is 18.3 Å². The monoisotopic (exact) mass is 334 g/mol. The van der Waals surface area contributed by atoms with Gasteiger partial charge in [0.25, 0.3) is 0 Å². The summed E-state index contributed by atoms with van der Waals surface area (Å²) in [4.78, 5) is 10.1. The molecule has 124 valence electrons. The molecule has 1 aliphatic heterocycles. The minimum Gasteiger partial charge on any atom is -0.353 e. The zero-order valence-corrected chi connectivity index (χ0v) is 12.4. The Morgan fingerprint density at radius 3 is 2.67 bits per heavy atom. The van der Waals surface area contributed by atoms with Crippen molar-refractivity contribution in [2.75, 3.05) is 18.0 Å². The summed E-state index contributed by atoms with van der Waals surface area (Å²) >= 11 is 0. The Morgan fingerprint density at radius 1 is 1.17 bits per heavy atom. The van der Waals surface area contributed by atoms with E-state index in [1.165, 1.54) is 6.07 Å². The zero-order valence-electron chi connectivity index (χ0n) is 12.4.